The van der Waals surface area contributed by atoms with Crippen LogP contribution in [0.5, 0.6) is 5.75 Å². The minimum absolute atomic E-state index is 0. The van der Waals surface area contributed by atoms with Gasteiger partial charge in [-0.05, 0) is 70.6 Å². The number of nitrogens with two attached hydrogens (primary N) is 1. The number of carbonyl (C=O) groups is 2. The van der Waals surface area contributed by atoms with Crippen LogP contribution < -0.4 is 10.5 Å². The van der Waals surface area contributed by atoms with Gasteiger partial charge in [0.15, 0.2) is 11.9 Å². The van der Waals surface area contributed by atoms with Gasteiger partial charge >= 0.3 is 5.97 Å². The summed E-state index contributed by atoms with van der Waals surface area (Å²) in [6, 6.07) is 4.43. The molecule has 3 rings (SSSR count). The van der Waals surface area contributed by atoms with Gasteiger partial charge in [-0.25, -0.2) is 9.78 Å². The highest BCUT2D eigenvalue weighted by Crippen LogP contribution is 2.33. The molecule has 0 aliphatic carbocycles. The van der Waals surface area contributed by atoms with Crippen LogP contribution in [-0.4, -0.2) is 57.6 Å². The van der Waals surface area contributed by atoms with Crippen LogP contribution in [0.25, 0.3) is 0 Å². The molecule has 1 aromatic heterocycles. The molecule has 0 saturated carbocycles. The van der Waals surface area contributed by atoms with Gasteiger partial charge in [0, 0.05) is 36.8 Å². The highest BCUT2D eigenvalue weighted by atomic mass is 32.2. The molecule has 0 saturated heterocycles. The molecule has 1 aliphatic rings. The first kappa shape index (κ1) is 31.2. The molecule has 9 heteroatoms. The Morgan fingerprint density at radius 2 is 2.00 bits per heavy atom. The van der Waals surface area contributed by atoms with E-state index in [9.17, 15) is 14.7 Å². The first-order valence-electron chi connectivity index (χ1n) is 12.8. The van der Waals surface area contributed by atoms with Crippen molar-refractivity contribution >= 4 is 23.6 Å². The van der Waals surface area contributed by atoms with Crippen molar-refractivity contribution in [3.05, 3.63) is 71.0 Å². The number of benzene rings is 1. The summed E-state index contributed by atoms with van der Waals surface area (Å²) in [5.41, 5.74) is 7.74. The molecule has 0 spiro atoms. The standard InChI is InChI=1S/C25H30N2O5S.C4H11N/c1-4-5-6-7-23(28)27-13-10-18-8-9-19(16-20(18)24(27)25(29)30)31-14-11-21-17(2)32-22(26-21)12-15-33-3;1-4(2,3)5/h4-9,16,24H,10-15H2,1-3H3,(H,29,30);5H2,1-3H3. The maximum absolute atomic E-state index is 12.6. The summed E-state index contributed by atoms with van der Waals surface area (Å²) in [5.74, 6) is 1.69. The monoisotopic (exact) mass is 543 g/mol. The molecule has 1 aromatic carbocycles. The average Bonchev–Trinajstić information content (AvgIpc) is 3.19. The minimum Gasteiger partial charge on any atom is -0.493 e. The number of fused-ring (bicyclic) bond motifs is 1. The number of nitrogens with zero attached hydrogens (tertiary/aromatic N) is 2. The van der Waals surface area contributed by atoms with Crippen LogP contribution in [0.2, 0.25) is 0 Å². The fourth-order valence-corrected chi connectivity index (χ4v) is 4.19. The fourth-order valence-electron chi connectivity index (χ4n) is 3.81. The van der Waals surface area contributed by atoms with Gasteiger partial charge in [0.2, 0.25) is 5.91 Å². The van der Waals surface area contributed by atoms with Gasteiger partial charge in [-0.3, -0.25) is 4.79 Å². The number of ether oxygens (including phenoxy) is 1. The van der Waals surface area contributed by atoms with E-state index < -0.39 is 12.0 Å². The molecule has 38 heavy (non-hydrogen) atoms. The Morgan fingerprint density at radius 3 is 2.63 bits per heavy atom. The summed E-state index contributed by atoms with van der Waals surface area (Å²) in [4.78, 5) is 30.6. The summed E-state index contributed by atoms with van der Waals surface area (Å²) in [7, 11) is 0. The number of aromatic nitrogens is 1. The van der Waals surface area contributed by atoms with Crippen molar-refractivity contribution in [1.29, 1.82) is 0 Å². The fraction of sp³-hybridized carbons (Fsp3) is 0.483. The summed E-state index contributed by atoms with van der Waals surface area (Å²) in [6.07, 6.45) is 10.6. The van der Waals surface area contributed by atoms with E-state index >= 15 is 0 Å². The molecule has 0 fully saturated rings. The maximum atomic E-state index is 12.6. The van der Waals surface area contributed by atoms with E-state index in [1.165, 1.54) is 11.0 Å². The summed E-state index contributed by atoms with van der Waals surface area (Å²) in [5, 5.41) is 9.89. The van der Waals surface area contributed by atoms with E-state index in [1.54, 1.807) is 36.1 Å². The number of aliphatic carboxylic acids is 1. The zero-order valence-corrected chi connectivity index (χ0v) is 24.1. The SMILES string of the molecule is CC(C)(C)N.CC=CC=CC(=O)N1CCc2ccc(OCCc3nc(CCSC)oc3C)cc2C1C(=O)O. The third-order valence-electron chi connectivity index (χ3n) is 5.47. The lowest BCUT2D eigenvalue weighted by molar-refractivity contribution is -0.149. The number of hydrogen-bond acceptors (Lipinski definition) is 7. The molecule has 3 N–H and O–H groups in total. The normalized spacial score (nSPS) is 15.3. The third kappa shape index (κ3) is 10.0. The molecular weight excluding hydrogens is 502 g/mol. The molecule has 2 aromatic rings. The number of carboxylic acid groups (broad SMARTS) is 1. The molecule has 0 radical (unpaired) electrons. The number of amides is 1. The van der Waals surface area contributed by atoms with Crippen molar-refractivity contribution < 1.29 is 23.8 Å². The lowest BCUT2D eigenvalue weighted by Crippen LogP contribution is -2.42. The summed E-state index contributed by atoms with van der Waals surface area (Å²) >= 11 is 1.75. The smallest absolute Gasteiger partial charge is 0.331 e. The van der Waals surface area contributed by atoms with Gasteiger partial charge in [-0.15, -0.1) is 0 Å². The van der Waals surface area contributed by atoms with Crippen LogP contribution in [-0.2, 0) is 28.9 Å². The Morgan fingerprint density at radius 1 is 1.29 bits per heavy atom. The number of carbonyl (C=O) groups excluding carboxylic acids is 1. The summed E-state index contributed by atoms with van der Waals surface area (Å²) in [6.45, 7) is 10.4. The molecule has 0 bridgehead atoms. The second-order valence-electron chi connectivity index (χ2n) is 10.1. The highest BCUT2D eigenvalue weighted by Gasteiger charge is 2.35. The van der Waals surface area contributed by atoms with E-state index in [2.05, 4.69) is 4.98 Å². The predicted octanol–water partition coefficient (Wildman–Crippen LogP) is 4.90. The lowest BCUT2D eigenvalue weighted by atomic mass is 9.92. The maximum Gasteiger partial charge on any atom is 0.331 e. The highest BCUT2D eigenvalue weighted by molar-refractivity contribution is 7.98. The van der Waals surface area contributed by atoms with E-state index in [0.717, 1.165) is 35.1 Å². The third-order valence-corrected chi connectivity index (χ3v) is 6.08. The van der Waals surface area contributed by atoms with Gasteiger partial charge in [0.25, 0.3) is 0 Å². The van der Waals surface area contributed by atoms with Crippen LogP contribution in [0.1, 0.15) is 62.2 Å². The Hall–Kier alpha value is -3.04. The van der Waals surface area contributed by atoms with Gasteiger partial charge in [0.1, 0.15) is 11.5 Å². The molecule has 208 valence electrons. The Balaban J connectivity index is 0.000000926. The van der Waals surface area contributed by atoms with E-state index in [4.69, 9.17) is 14.9 Å². The number of rotatable bonds is 10. The number of carboxylic acids is 1. The zero-order chi connectivity index (χ0) is 28.3. The molecule has 1 unspecified atom stereocenters. The lowest BCUT2D eigenvalue weighted by Gasteiger charge is -2.34. The largest absolute Gasteiger partial charge is 0.493 e. The van der Waals surface area contributed by atoms with Crippen LogP contribution in [0.15, 0.2) is 46.9 Å². The van der Waals surface area contributed by atoms with E-state index in [1.807, 2.05) is 53.0 Å². The molecular formula is C29H41N3O5S. The Labute approximate surface area is 230 Å². The summed E-state index contributed by atoms with van der Waals surface area (Å²) < 4.78 is 11.6. The number of hydrogen-bond donors (Lipinski definition) is 2. The van der Waals surface area contributed by atoms with Gasteiger partial charge < -0.3 is 24.9 Å². The number of aryl methyl sites for hydroxylation is 2. The van der Waals surface area contributed by atoms with Gasteiger partial charge in [-0.1, -0.05) is 24.3 Å². The van der Waals surface area contributed by atoms with Crippen LogP contribution in [0.3, 0.4) is 0 Å². The van der Waals surface area contributed by atoms with Crippen molar-refractivity contribution in [2.75, 3.05) is 25.2 Å². The first-order valence-corrected chi connectivity index (χ1v) is 14.1. The first-order chi connectivity index (χ1) is 17.9. The molecule has 1 atom stereocenters. The Bertz CT molecular complexity index is 1130. The molecule has 2 heterocycles. The number of thioether (sulfide) groups is 1. The molecule has 1 aliphatic heterocycles. The second kappa shape index (κ2) is 14.8. The van der Waals surface area contributed by atoms with Crippen molar-refractivity contribution in [3.63, 3.8) is 0 Å². The average molecular weight is 544 g/mol. The molecule has 1 amide bonds. The van der Waals surface area contributed by atoms with Crippen molar-refractivity contribution in [3.8, 4) is 5.75 Å². The minimum atomic E-state index is -1.06. The molecule has 8 nitrogen and oxygen atoms in total. The van der Waals surface area contributed by atoms with Crippen molar-refractivity contribution in [2.45, 2.75) is 65.5 Å². The van der Waals surface area contributed by atoms with E-state index in [0.29, 0.717) is 37.3 Å². The van der Waals surface area contributed by atoms with Crippen LogP contribution >= 0.6 is 11.8 Å². The number of oxazole rings is 1. The number of allylic oxidation sites excluding steroid dienone is 3. The van der Waals surface area contributed by atoms with Crippen molar-refractivity contribution in [2.24, 2.45) is 5.73 Å². The van der Waals surface area contributed by atoms with E-state index in [-0.39, 0.29) is 11.4 Å². The zero-order valence-electron chi connectivity index (χ0n) is 23.3. The van der Waals surface area contributed by atoms with Crippen LogP contribution in [0.4, 0.5) is 0 Å². The van der Waals surface area contributed by atoms with Gasteiger partial charge in [-0.2, -0.15) is 11.8 Å². The second-order valence-corrected chi connectivity index (χ2v) is 11.1. The van der Waals surface area contributed by atoms with Gasteiger partial charge in [0.05, 0.1) is 12.3 Å². The quantitative estimate of drug-likeness (QED) is 0.321. The predicted molar refractivity (Wildman–Crippen MR) is 153 cm³/mol. The topological polar surface area (TPSA) is 119 Å². The van der Waals surface area contributed by atoms with Crippen molar-refractivity contribution in [1.82, 2.24) is 9.88 Å². The Kier molecular flexibility index (Phi) is 12.1. The van der Waals surface area contributed by atoms with Crippen LogP contribution in [0, 0.1) is 6.92 Å².